The third-order valence-corrected chi connectivity index (χ3v) is 6.09. The molecule has 3 saturated heterocycles. The van der Waals surface area contributed by atoms with E-state index >= 15 is 0 Å². The van der Waals surface area contributed by atoms with Crippen LogP contribution in [-0.4, -0.2) is 72.1 Å². The SMILES string of the molecule is Nc1cc(Nc2nc([N+]34CCN(CC3)CC4)[nH]c(=O)n2)ccc1S(=O)(=O)O. The zero-order valence-corrected chi connectivity index (χ0v) is 15.2. The second-order valence-corrected chi connectivity index (χ2v) is 8.20. The summed E-state index contributed by atoms with van der Waals surface area (Å²) in [5.74, 6) is 0.674. The molecule has 0 atom stereocenters. The molecule has 0 spiro atoms. The van der Waals surface area contributed by atoms with E-state index in [1.165, 1.54) is 18.2 Å². The fourth-order valence-electron chi connectivity index (χ4n) is 3.63. The van der Waals surface area contributed by atoms with Gasteiger partial charge in [0.1, 0.15) is 4.90 Å². The standard InChI is InChI=1S/C15H19N7O4S/c16-11-9-10(1-2-12(11)27(24,25)26)17-13-18-14(20-15(23)19-13)22-6-3-21(4-7-22)5-8-22/h1-2,9H,3-8,16H2,(H2-,17,18,19,20,23,24,25,26)/p+1. The summed E-state index contributed by atoms with van der Waals surface area (Å²) in [6.07, 6.45) is 0. The summed E-state index contributed by atoms with van der Waals surface area (Å²) in [5, 5.41) is 2.88. The first-order valence-corrected chi connectivity index (χ1v) is 9.91. The van der Waals surface area contributed by atoms with Gasteiger partial charge in [0.05, 0.1) is 25.3 Å². The van der Waals surface area contributed by atoms with E-state index in [9.17, 15) is 13.2 Å². The number of benzene rings is 1. The van der Waals surface area contributed by atoms with Gasteiger partial charge < -0.3 is 11.1 Å². The van der Waals surface area contributed by atoms with Crippen molar-refractivity contribution in [2.24, 2.45) is 0 Å². The molecule has 11 nitrogen and oxygen atoms in total. The van der Waals surface area contributed by atoms with Gasteiger partial charge in [0.2, 0.25) is 5.95 Å². The Morgan fingerprint density at radius 2 is 1.85 bits per heavy atom. The molecule has 2 aromatic rings. The molecule has 0 radical (unpaired) electrons. The second kappa shape index (κ2) is 6.27. The van der Waals surface area contributed by atoms with Crippen molar-refractivity contribution in [3.63, 3.8) is 0 Å². The number of rotatable bonds is 4. The van der Waals surface area contributed by atoms with E-state index in [0.29, 0.717) is 16.1 Å². The van der Waals surface area contributed by atoms with Crippen LogP contribution in [0.2, 0.25) is 0 Å². The minimum atomic E-state index is -4.40. The molecule has 0 unspecified atom stereocenters. The number of nitrogen functional groups attached to an aromatic ring is 1. The third-order valence-electron chi connectivity index (χ3n) is 5.16. The highest BCUT2D eigenvalue weighted by Gasteiger charge is 2.42. The molecule has 144 valence electrons. The molecule has 4 heterocycles. The number of nitrogens with zero attached hydrogens (tertiary/aromatic N) is 4. The molecule has 2 bridgehead atoms. The first-order valence-electron chi connectivity index (χ1n) is 8.47. The minimum Gasteiger partial charge on any atom is -0.398 e. The first kappa shape index (κ1) is 17.9. The van der Waals surface area contributed by atoms with Gasteiger partial charge in [-0.15, -0.1) is 4.98 Å². The van der Waals surface area contributed by atoms with E-state index in [1.807, 2.05) is 0 Å². The van der Waals surface area contributed by atoms with Gasteiger partial charge in [-0.25, -0.2) is 9.78 Å². The van der Waals surface area contributed by atoms with Gasteiger partial charge in [0, 0.05) is 25.3 Å². The lowest BCUT2D eigenvalue weighted by Gasteiger charge is -2.48. The molecule has 1 aromatic heterocycles. The Hall–Kier alpha value is -2.54. The van der Waals surface area contributed by atoms with Gasteiger partial charge in [-0.05, 0) is 18.2 Å². The van der Waals surface area contributed by atoms with Gasteiger partial charge in [0.15, 0.2) is 0 Å². The highest BCUT2D eigenvalue weighted by Crippen LogP contribution is 2.27. The molecule has 0 amide bonds. The number of aromatic amines is 1. The van der Waals surface area contributed by atoms with Crippen molar-refractivity contribution in [3.05, 3.63) is 28.7 Å². The molecular weight excluding hydrogens is 374 g/mol. The lowest BCUT2D eigenvalue weighted by molar-refractivity contribution is 0.0628. The number of H-pyrrole nitrogens is 1. The van der Waals surface area contributed by atoms with Crippen LogP contribution in [0.5, 0.6) is 0 Å². The zero-order chi connectivity index (χ0) is 19.2. The third kappa shape index (κ3) is 3.39. The van der Waals surface area contributed by atoms with Crippen molar-refractivity contribution in [1.29, 1.82) is 0 Å². The predicted molar refractivity (Wildman–Crippen MR) is 99.4 cm³/mol. The largest absolute Gasteiger partial charge is 0.398 e. The van der Waals surface area contributed by atoms with Crippen LogP contribution in [0.3, 0.4) is 0 Å². The van der Waals surface area contributed by atoms with Crippen LogP contribution in [-0.2, 0) is 10.1 Å². The Morgan fingerprint density at radius 1 is 1.19 bits per heavy atom. The Bertz CT molecular complexity index is 1030. The minimum absolute atomic E-state index is 0.105. The summed E-state index contributed by atoms with van der Waals surface area (Å²) in [5.41, 5.74) is 5.46. The van der Waals surface area contributed by atoms with Crippen molar-refractivity contribution >= 4 is 33.4 Å². The first-order chi connectivity index (χ1) is 12.7. The summed E-state index contributed by atoms with van der Waals surface area (Å²) in [7, 11) is -4.40. The van der Waals surface area contributed by atoms with Crippen molar-refractivity contribution in [2.75, 3.05) is 50.3 Å². The number of hydrogen-bond acceptors (Lipinski definition) is 8. The number of anilines is 3. The summed E-state index contributed by atoms with van der Waals surface area (Å²) < 4.78 is 32.2. The number of hydrogen-bond donors (Lipinski definition) is 4. The van der Waals surface area contributed by atoms with E-state index in [2.05, 4.69) is 25.2 Å². The summed E-state index contributed by atoms with van der Waals surface area (Å²) in [6.45, 7) is 5.51. The van der Waals surface area contributed by atoms with E-state index in [4.69, 9.17) is 10.3 Å². The van der Waals surface area contributed by atoms with Crippen molar-refractivity contribution in [2.45, 2.75) is 4.90 Å². The molecule has 12 heteroatoms. The monoisotopic (exact) mass is 394 g/mol. The number of fused-ring (bicyclic) bond motifs is 3. The molecule has 1 aromatic carbocycles. The smallest absolute Gasteiger partial charge is 0.353 e. The van der Waals surface area contributed by atoms with E-state index in [-0.39, 0.29) is 16.5 Å². The summed E-state index contributed by atoms with van der Waals surface area (Å²) in [6, 6.07) is 3.92. The number of nitrogens with one attached hydrogen (secondary N) is 2. The highest BCUT2D eigenvalue weighted by molar-refractivity contribution is 7.86. The zero-order valence-electron chi connectivity index (χ0n) is 14.4. The topological polar surface area (TPSA) is 154 Å². The lowest BCUT2D eigenvalue weighted by Crippen LogP contribution is -2.69. The Labute approximate surface area is 155 Å². The summed E-state index contributed by atoms with van der Waals surface area (Å²) in [4.78, 5) is 25.2. The van der Waals surface area contributed by atoms with Crippen LogP contribution in [0.1, 0.15) is 0 Å². The molecule has 27 heavy (non-hydrogen) atoms. The Morgan fingerprint density at radius 3 is 2.44 bits per heavy atom. The van der Waals surface area contributed by atoms with Crippen LogP contribution < -0.4 is 21.2 Å². The van der Waals surface area contributed by atoms with Gasteiger partial charge in [-0.2, -0.15) is 13.4 Å². The van der Waals surface area contributed by atoms with Crippen LogP contribution in [0.25, 0.3) is 0 Å². The van der Waals surface area contributed by atoms with Crippen LogP contribution in [0.4, 0.5) is 23.3 Å². The maximum atomic E-state index is 12.1. The van der Waals surface area contributed by atoms with Crippen molar-refractivity contribution < 1.29 is 13.0 Å². The molecule has 3 aliphatic heterocycles. The molecule has 5 rings (SSSR count). The van der Waals surface area contributed by atoms with Crippen LogP contribution in [0.15, 0.2) is 27.9 Å². The molecule has 3 fully saturated rings. The van der Waals surface area contributed by atoms with Crippen molar-refractivity contribution in [3.8, 4) is 0 Å². The van der Waals surface area contributed by atoms with Gasteiger partial charge in [-0.3, -0.25) is 13.9 Å². The number of quaternary nitrogens is 1. The number of nitrogens with two attached hydrogens (primary N) is 1. The number of aromatic nitrogens is 3. The Balaban J connectivity index is 1.65. The quantitative estimate of drug-likeness (QED) is 0.301. The van der Waals surface area contributed by atoms with Gasteiger partial charge in [0.25, 0.3) is 10.1 Å². The average Bonchev–Trinajstić information content (AvgIpc) is 2.62. The van der Waals surface area contributed by atoms with Crippen LogP contribution >= 0.6 is 0 Å². The van der Waals surface area contributed by atoms with E-state index in [0.717, 1.165) is 39.3 Å². The van der Waals surface area contributed by atoms with Crippen molar-refractivity contribution in [1.82, 2.24) is 24.3 Å². The number of piperazine rings is 3. The molecule has 0 saturated carbocycles. The fraction of sp³-hybridized carbons (Fsp3) is 0.400. The summed E-state index contributed by atoms with van der Waals surface area (Å²) >= 11 is 0. The van der Waals surface area contributed by atoms with Gasteiger partial charge >= 0.3 is 11.6 Å². The predicted octanol–water partition coefficient (Wildman–Crippen LogP) is -0.626. The molecule has 0 aliphatic carbocycles. The van der Waals surface area contributed by atoms with Gasteiger partial charge in [-0.1, -0.05) is 0 Å². The normalized spacial score (nSPS) is 24.7. The van der Waals surface area contributed by atoms with Crippen LogP contribution in [0, 0.1) is 0 Å². The highest BCUT2D eigenvalue weighted by atomic mass is 32.2. The lowest BCUT2D eigenvalue weighted by atomic mass is 10.1. The maximum Gasteiger partial charge on any atom is 0.353 e. The van der Waals surface area contributed by atoms with E-state index in [1.54, 1.807) is 0 Å². The molecular formula is C15H20N7O4S+. The Kier molecular flexibility index (Phi) is 4.14. The molecule has 5 N–H and O–H groups in total. The fourth-order valence-corrected chi connectivity index (χ4v) is 4.23. The average molecular weight is 394 g/mol. The second-order valence-electron chi connectivity index (χ2n) is 6.81. The van der Waals surface area contributed by atoms with E-state index < -0.39 is 15.8 Å². The molecule has 3 aliphatic rings. The maximum absolute atomic E-state index is 12.1.